The number of fused-ring (bicyclic) bond motifs is 1. The maximum Gasteiger partial charge on any atom is 0.131 e. The molecule has 2 nitrogen and oxygen atoms in total. The van der Waals surface area contributed by atoms with Crippen molar-refractivity contribution in [3.05, 3.63) is 63.7 Å². The van der Waals surface area contributed by atoms with Crippen LogP contribution in [0.3, 0.4) is 0 Å². The van der Waals surface area contributed by atoms with Crippen molar-refractivity contribution in [2.45, 2.75) is 19.4 Å². The van der Waals surface area contributed by atoms with Gasteiger partial charge < -0.3 is 10.6 Å². The van der Waals surface area contributed by atoms with Gasteiger partial charge in [0, 0.05) is 18.2 Å². The molecule has 5 heteroatoms. The zero-order valence-corrected chi connectivity index (χ0v) is 12.8. The number of nitrogens with one attached hydrogen (secondary N) is 2. The van der Waals surface area contributed by atoms with E-state index >= 15 is 0 Å². The maximum absolute atomic E-state index is 13.7. The second-order valence-electron chi connectivity index (χ2n) is 5.40. The lowest BCUT2D eigenvalue weighted by Gasteiger charge is -2.16. The van der Waals surface area contributed by atoms with Crippen molar-refractivity contribution in [2.75, 3.05) is 18.4 Å². The van der Waals surface area contributed by atoms with E-state index in [1.807, 2.05) is 12.1 Å². The van der Waals surface area contributed by atoms with Crippen LogP contribution in [-0.4, -0.2) is 13.1 Å². The van der Waals surface area contributed by atoms with Crippen molar-refractivity contribution >= 4 is 17.3 Å². The molecule has 3 rings (SSSR count). The Morgan fingerprint density at radius 2 is 1.91 bits per heavy atom. The highest BCUT2D eigenvalue weighted by Gasteiger charge is 2.15. The molecule has 2 aromatic rings. The summed E-state index contributed by atoms with van der Waals surface area (Å²) in [5.74, 6) is -1.12. The third-order valence-electron chi connectivity index (χ3n) is 3.95. The molecule has 0 spiro atoms. The molecule has 0 bridgehead atoms. The number of hydrogen-bond acceptors (Lipinski definition) is 2. The lowest BCUT2D eigenvalue weighted by Crippen LogP contribution is -2.16. The monoisotopic (exact) mass is 322 g/mol. The Morgan fingerprint density at radius 3 is 2.73 bits per heavy atom. The van der Waals surface area contributed by atoms with Crippen molar-refractivity contribution in [3.8, 4) is 0 Å². The van der Waals surface area contributed by atoms with E-state index in [0.717, 1.165) is 37.7 Å². The van der Waals surface area contributed by atoms with Crippen molar-refractivity contribution in [1.82, 2.24) is 5.32 Å². The first-order valence-corrected chi connectivity index (χ1v) is 7.71. The second-order valence-corrected chi connectivity index (χ2v) is 5.81. The Kier molecular flexibility index (Phi) is 4.60. The normalized spacial score (nSPS) is 14.3. The van der Waals surface area contributed by atoms with E-state index in [0.29, 0.717) is 10.6 Å². The SMILES string of the molecule is Fc1ccc(CNc2c(Cl)ccc3c2CCNCC3)c(F)c1. The molecule has 1 aliphatic rings. The highest BCUT2D eigenvalue weighted by molar-refractivity contribution is 6.33. The van der Waals surface area contributed by atoms with Crippen molar-refractivity contribution < 1.29 is 8.78 Å². The smallest absolute Gasteiger partial charge is 0.131 e. The molecule has 1 heterocycles. The van der Waals surface area contributed by atoms with E-state index in [1.54, 1.807) is 0 Å². The number of anilines is 1. The van der Waals surface area contributed by atoms with Crippen LogP contribution >= 0.6 is 11.6 Å². The van der Waals surface area contributed by atoms with Crippen LogP contribution in [0.5, 0.6) is 0 Å². The van der Waals surface area contributed by atoms with Crippen LogP contribution in [0.4, 0.5) is 14.5 Å². The Hall–Kier alpha value is -1.65. The van der Waals surface area contributed by atoms with Crippen LogP contribution in [0, 0.1) is 11.6 Å². The molecule has 0 atom stereocenters. The molecule has 2 aromatic carbocycles. The summed E-state index contributed by atoms with van der Waals surface area (Å²) in [7, 11) is 0. The number of benzene rings is 2. The van der Waals surface area contributed by atoms with Crippen molar-refractivity contribution in [1.29, 1.82) is 0 Å². The van der Waals surface area contributed by atoms with Crippen LogP contribution in [0.25, 0.3) is 0 Å². The minimum Gasteiger partial charge on any atom is -0.379 e. The molecule has 116 valence electrons. The predicted octanol–water partition coefficient (Wildman–Crippen LogP) is 3.92. The molecular weight excluding hydrogens is 306 g/mol. The van der Waals surface area contributed by atoms with Gasteiger partial charge in [-0.05, 0) is 49.2 Å². The summed E-state index contributed by atoms with van der Waals surface area (Å²) in [4.78, 5) is 0. The molecule has 0 radical (unpaired) electrons. The zero-order chi connectivity index (χ0) is 15.5. The first-order valence-electron chi connectivity index (χ1n) is 7.34. The average molecular weight is 323 g/mol. The van der Waals surface area contributed by atoms with Crippen LogP contribution in [-0.2, 0) is 19.4 Å². The molecular formula is C17H17ClF2N2. The van der Waals surface area contributed by atoms with E-state index in [2.05, 4.69) is 10.6 Å². The van der Waals surface area contributed by atoms with E-state index in [9.17, 15) is 8.78 Å². The fraction of sp³-hybridized carbons (Fsp3) is 0.294. The van der Waals surface area contributed by atoms with E-state index in [1.165, 1.54) is 23.3 Å². The number of hydrogen-bond donors (Lipinski definition) is 2. The largest absolute Gasteiger partial charge is 0.379 e. The van der Waals surface area contributed by atoms with Gasteiger partial charge in [0.25, 0.3) is 0 Å². The molecule has 0 saturated heterocycles. The summed E-state index contributed by atoms with van der Waals surface area (Å²) in [6.45, 7) is 2.11. The van der Waals surface area contributed by atoms with Gasteiger partial charge in [-0.25, -0.2) is 8.78 Å². The number of rotatable bonds is 3. The minimum absolute atomic E-state index is 0.274. The van der Waals surface area contributed by atoms with Crippen LogP contribution in [0.15, 0.2) is 30.3 Å². The first-order chi connectivity index (χ1) is 10.6. The predicted molar refractivity (Wildman–Crippen MR) is 85.4 cm³/mol. The Balaban J connectivity index is 1.85. The lowest BCUT2D eigenvalue weighted by atomic mass is 10.0. The summed E-state index contributed by atoms with van der Waals surface area (Å²) in [6, 6.07) is 7.53. The third kappa shape index (κ3) is 3.23. The maximum atomic E-state index is 13.7. The summed E-state index contributed by atoms with van der Waals surface area (Å²) in [5, 5.41) is 7.21. The van der Waals surface area contributed by atoms with Crippen LogP contribution in [0.1, 0.15) is 16.7 Å². The Labute approximate surface area is 133 Å². The van der Waals surface area contributed by atoms with Gasteiger partial charge in [0.05, 0.1) is 10.7 Å². The van der Waals surface area contributed by atoms with Gasteiger partial charge in [-0.1, -0.05) is 23.7 Å². The fourth-order valence-corrected chi connectivity index (χ4v) is 3.03. The summed E-state index contributed by atoms with van der Waals surface area (Å²) in [5.41, 5.74) is 3.71. The third-order valence-corrected chi connectivity index (χ3v) is 4.27. The average Bonchev–Trinajstić information content (AvgIpc) is 2.73. The van der Waals surface area contributed by atoms with E-state index in [-0.39, 0.29) is 6.54 Å². The van der Waals surface area contributed by atoms with Gasteiger partial charge in [-0.15, -0.1) is 0 Å². The van der Waals surface area contributed by atoms with Gasteiger partial charge in [0.1, 0.15) is 11.6 Å². The van der Waals surface area contributed by atoms with Crippen molar-refractivity contribution in [2.24, 2.45) is 0 Å². The number of halogens is 3. The molecule has 0 aliphatic carbocycles. The second kappa shape index (κ2) is 6.63. The van der Waals surface area contributed by atoms with Crippen LogP contribution in [0.2, 0.25) is 5.02 Å². The van der Waals surface area contributed by atoms with Crippen LogP contribution < -0.4 is 10.6 Å². The molecule has 0 amide bonds. The molecule has 0 aromatic heterocycles. The molecule has 1 aliphatic heterocycles. The molecule has 0 fully saturated rings. The molecule has 0 unspecified atom stereocenters. The van der Waals surface area contributed by atoms with E-state index in [4.69, 9.17) is 11.6 Å². The highest BCUT2D eigenvalue weighted by Crippen LogP contribution is 2.31. The topological polar surface area (TPSA) is 24.1 Å². The lowest BCUT2D eigenvalue weighted by molar-refractivity contribution is 0.574. The van der Waals surface area contributed by atoms with Gasteiger partial charge >= 0.3 is 0 Å². The summed E-state index contributed by atoms with van der Waals surface area (Å²) >= 11 is 6.31. The molecule has 22 heavy (non-hydrogen) atoms. The summed E-state index contributed by atoms with van der Waals surface area (Å²) in [6.07, 6.45) is 1.83. The summed E-state index contributed by atoms with van der Waals surface area (Å²) < 4.78 is 26.7. The Morgan fingerprint density at radius 1 is 1.09 bits per heavy atom. The fourth-order valence-electron chi connectivity index (χ4n) is 2.78. The van der Waals surface area contributed by atoms with Gasteiger partial charge in [-0.3, -0.25) is 0 Å². The first kappa shape index (κ1) is 15.3. The van der Waals surface area contributed by atoms with Gasteiger partial charge in [-0.2, -0.15) is 0 Å². The zero-order valence-electron chi connectivity index (χ0n) is 12.1. The highest BCUT2D eigenvalue weighted by atomic mass is 35.5. The van der Waals surface area contributed by atoms with Gasteiger partial charge in [0.15, 0.2) is 0 Å². The quantitative estimate of drug-likeness (QED) is 0.895. The molecule has 2 N–H and O–H groups in total. The van der Waals surface area contributed by atoms with Gasteiger partial charge in [0.2, 0.25) is 0 Å². The minimum atomic E-state index is -0.570. The van der Waals surface area contributed by atoms with Crippen molar-refractivity contribution in [3.63, 3.8) is 0 Å². The van der Waals surface area contributed by atoms with E-state index < -0.39 is 11.6 Å². The standard InChI is InChI=1S/C17H17ClF2N2/c18-15-4-2-11-5-7-21-8-6-14(11)17(15)22-10-12-1-3-13(19)9-16(12)20/h1-4,9,21-22H,5-8,10H2. The Bertz CT molecular complexity index is 689. The molecule has 0 saturated carbocycles.